The molecule has 1 aromatic heterocycles. The standard InChI is InChI=1S/C16H19ClN4O4S/c1-20-4-5-21(10-12(20)16-18-2-3-19-16)26(22,23)15-9-14-13(8-11(15)17)24-6-7-25-14/h2-3,8-9,12H,4-7,10H2,1H3,(H,18,19)/t12-/m0/s1. The fraction of sp³-hybridized carbons (Fsp3) is 0.438. The maximum absolute atomic E-state index is 13.2. The van der Waals surface area contributed by atoms with E-state index in [2.05, 4.69) is 14.9 Å². The largest absolute Gasteiger partial charge is 0.486 e. The molecular formula is C16H19ClN4O4S. The number of hydrogen-bond donors (Lipinski definition) is 1. The second kappa shape index (κ2) is 6.73. The van der Waals surface area contributed by atoms with Gasteiger partial charge in [0.2, 0.25) is 10.0 Å². The van der Waals surface area contributed by atoms with Gasteiger partial charge < -0.3 is 14.5 Å². The van der Waals surface area contributed by atoms with Crippen LogP contribution in [0, 0.1) is 0 Å². The van der Waals surface area contributed by atoms with Gasteiger partial charge in [0.1, 0.15) is 23.9 Å². The number of piperazine rings is 1. The van der Waals surface area contributed by atoms with E-state index in [4.69, 9.17) is 21.1 Å². The molecule has 0 amide bonds. The fourth-order valence-corrected chi connectivity index (χ4v) is 5.15. The zero-order valence-corrected chi connectivity index (χ0v) is 15.8. The summed E-state index contributed by atoms with van der Waals surface area (Å²) in [6, 6.07) is 2.81. The molecule has 8 nitrogen and oxygen atoms in total. The summed E-state index contributed by atoms with van der Waals surface area (Å²) in [6.07, 6.45) is 3.39. The van der Waals surface area contributed by atoms with Crippen molar-refractivity contribution in [2.24, 2.45) is 0 Å². The minimum absolute atomic E-state index is 0.0335. The van der Waals surface area contributed by atoms with Crippen molar-refractivity contribution in [1.82, 2.24) is 19.2 Å². The molecule has 3 heterocycles. The predicted octanol–water partition coefficient (Wildman–Crippen LogP) is 1.51. The predicted molar refractivity (Wildman–Crippen MR) is 95.2 cm³/mol. The molecule has 0 unspecified atom stereocenters. The first-order chi connectivity index (χ1) is 12.5. The van der Waals surface area contributed by atoms with E-state index in [1.165, 1.54) is 16.4 Å². The average Bonchev–Trinajstić information content (AvgIpc) is 3.15. The number of aromatic amines is 1. The number of aromatic nitrogens is 2. The third-order valence-corrected chi connectivity index (χ3v) is 6.99. The smallest absolute Gasteiger partial charge is 0.244 e. The Morgan fingerprint density at radius 2 is 1.96 bits per heavy atom. The summed E-state index contributed by atoms with van der Waals surface area (Å²) in [5.74, 6) is 1.60. The molecule has 4 rings (SSSR count). The van der Waals surface area contributed by atoms with E-state index in [9.17, 15) is 8.42 Å². The summed E-state index contributed by atoms with van der Waals surface area (Å²) in [4.78, 5) is 9.45. The molecule has 1 N–H and O–H groups in total. The van der Waals surface area contributed by atoms with Crippen molar-refractivity contribution in [3.63, 3.8) is 0 Å². The van der Waals surface area contributed by atoms with Gasteiger partial charge in [0.15, 0.2) is 11.5 Å². The monoisotopic (exact) mass is 398 g/mol. The highest BCUT2D eigenvalue weighted by Crippen LogP contribution is 2.39. The third-order valence-electron chi connectivity index (χ3n) is 4.66. The quantitative estimate of drug-likeness (QED) is 0.843. The Hall–Kier alpha value is -1.81. The van der Waals surface area contributed by atoms with Crippen LogP contribution < -0.4 is 9.47 Å². The Morgan fingerprint density at radius 1 is 1.23 bits per heavy atom. The van der Waals surface area contributed by atoms with Gasteiger partial charge in [-0.3, -0.25) is 4.90 Å². The number of H-pyrrole nitrogens is 1. The van der Waals surface area contributed by atoms with E-state index < -0.39 is 10.0 Å². The number of rotatable bonds is 3. The lowest BCUT2D eigenvalue weighted by Crippen LogP contribution is -2.49. The zero-order chi connectivity index (χ0) is 18.3. The molecule has 2 aliphatic rings. The van der Waals surface area contributed by atoms with Crippen LogP contribution in [0.25, 0.3) is 0 Å². The lowest BCUT2D eigenvalue weighted by atomic mass is 10.2. The van der Waals surface area contributed by atoms with Crippen molar-refractivity contribution >= 4 is 21.6 Å². The van der Waals surface area contributed by atoms with Crippen LogP contribution in [-0.4, -0.2) is 67.5 Å². The number of likely N-dealkylation sites (N-methyl/N-ethyl adjacent to an activating group) is 1. The summed E-state index contributed by atoms with van der Waals surface area (Å²) >= 11 is 6.26. The number of halogens is 1. The molecule has 1 fully saturated rings. The van der Waals surface area contributed by atoms with Gasteiger partial charge in [0, 0.05) is 44.2 Å². The first-order valence-corrected chi connectivity index (χ1v) is 10.1. The molecular weight excluding hydrogens is 380 g/mol. The van der Waals surface area contributed by atoms with Gasteiger partial charge in [-0.15, -0.1) is 0 Å². The Kier molecular flexibility index (Phi) is 4.55. The van der Waals surface area contributed by atoms with Gasteiger partial charge in [-0.1, -0.05) is 11.6 Å². The van der Waals surface area contributed by atoms with Crippen LogP contribution in [-0.2, 0) is 10.0 Å². The summed E-state index contributed by atoms with van der Waals surface area (Å²) < 4.78 is 38.8. The molecule has 1 atom stereocenters. The molecule has 0 radical (unpaired) electrons. The van der Waals surface area contributed by atoms with Gasteiger partial charge in [-0.05, 0) is 7.05 Å². The summed E-state index contributed by atoms with van der Waals surface area (Å²) in [6.45, 7) is 2.05. The SMILES string of the molecule is CN1CCN(S(=O)(=O)c2cc3c(cc2Cl)OCCO3)C[C@H]1c1ncc[nH]1. The van der Waals surface area contributed by atoms with Crippen LogP contribution in [0.4, 0.5) is 0 Å². The highest BCUT2D eigenvalue weighted by molar-refractivity contribution is 7.89. The molecule has 2 aromatic rings. The number of hydrogen-bond acceptors (Lipinski definition) is 6. The molecule has 10 heteroatoms. The maximum atomic E-state index is 13.2. The van der Waals surface area contributed by atoms with Crippen LogP contribution in [0.2, 0.25) is 5.02 Å². The Labute approximate surface area is 156 Å². The van der Waals surface area contributed by atoms with Gasteiger partial charge >= 0.3 is 0 Å². The van der Waals surface area contributed by atoms with Gasteiger partial charge in [-0.2, -0.15) is 4.31 Å². The molecule has 2 aliphatic heterocycles. The molecule has 1 saturated heterocycles. The van der Waals surface area contributed by atoms with Crippen molar-refractivity contribution in [2.75, 3.05) is 39.9 Å². The minimum Gasteiger partial charge on any atom is -0.486 e. The highest BCUT2D eigenvalue weighted by atomic mass is 35.5. The van der Waals surface area contributed by atoms with E-state index in [0.29, 0.717) is 37.8 Å². The van der Waals surface area contributed by atoms with Gasteiger partial charge in [-0.25, -0.2) is 13.4 Å². The van der Waals surface area contributed by atoms with Crippen molar-refractivity contribution in [3.8, 4) is 11.5 Å². The van der Waals surface area contributed by atoms with Crippen LogP contribution in [0.3, 0.4) is 0 Å². The first kappa shape index (κ1) is 17.6. The molecule has 0 saturated carbocycles. The maximum Gasteiger partial charge on any atom is 0.244 e. The van der Waals surface area contributed by atoms with E-state index >= 15 is 0 Å². The Bertz CT molecular complexity index is 903. The van der Waals surface area contributed by atoms with Crippen molar-refractivity contribution in [2.45, 2.75) is 10.9 Å². The van der Waals surface area contributed by atoms with Gasteiger partial charge in [0.25, 0.3) is 0 Å². The van der Waals surface area contributed by atoms with E-state index in [-0.39, 0.29) is 22.5 Å². The number of benzene rings is 1. The number of sulfonamides is 1. The Morgan fingerprint density at radius 3 is 2.65 bits per heavy atom. The Balaban J connectivity index is 1.66. The molecule has 140 valence electrons. The third kappa shape index (κ3) is 3.05. The number of ether oxygens (including phenoxy) is 2. The fourth-order valence-electron chi connectivity index (χ4n) is 3.20. The first-order valence-electron chi connectivity index (χ1n) is 8.25. The number of fused-ring (bicyclic) bond motifs is 1. The molecule has 0 spiro atoms. The van der Waals surface area contributed by atoms with Crippen LogP contribution in [0.1, 0.15) is 11.9 Å². The summed E-state index contributed by atoms with van der Waals surface area (Å²) in [5, 5.41) is 0.128. The second-order valence-electron chi connectivity index (χ2n) is 6.26. The zero-order valence-electron chi connectivity index (χ0n) is 14.2. The van der Waals surface area contributed by atoms with Crippen LogP contribution in [0.15, 0.2) is 29.4 Å². The second-order valence-corrected chi connectivity index (χ2v) is 8.57. The lowest BCUT2D eigenvalue weighted by Gasteiger charge is -2.37. The van der Waals surface area contributed by atoms with E-state index in [1.807, 2.05) is 7.05 Å². The highest BCUT2D eigenvalue weighted by Gasteiger charge is 2.36. The number of nitrogens with one attached hydrogen (secondary N) is 1. The van der Waals surface area contributed by atoms with Crippen molar-refractivity contribution in [3.05, 3.63) is 35.4 Å². The summed E-state index contributed by atoms with van der Waals surface area (Å²) in [5.41, 5.74) is 0. The van der Waals surface area contributed by atoms with Crippen molar-refractivity contribution < 1.29 is 17.9 Å². The minimum atomic E-state index is -3.78. The number of imidazole rings is 1. The van der Waals surface area contributed by atoms with Gasteiger partial charge in [0.05, 0.1) is 11.1 Å². The average molecular weight is 399 g/mol. The molecule has 26 heavy (non-hydrogen) atoms. The topological polar surface area (TPSA) is 87.8 Å². The normalized spacial score (nSPS) is 21.7. The van der Waals surface area contributed by atoms with E-state index in [1.54, 1.807) is 12.4 Å². The lowest BCUT2D eigenvalue weighted by molar-refractivity contribution is 0.142. The van der Waals surface area contributed by atoms with Crippen LogP contribution >= 0.6 is 11.6 Å². The van der Waals surface area contributed by atoms with Crippen LogP contribution in [0.5, 0.6) is 11.5 Å². The van der Waals surface area contributed by atoms with E-state index in [0.717, 1.165) is 5.82 Å². The number of nitrogens with zero attached hydrogens (tertiary/aromatic N) is 3. The molecule has 1 aromatic carbocycles. The summed E-state index contributed by atoms with van der Waals surface area (Å²) in [7, 11) is -1.82. The van der Waals surface area contributed by atoms with Crippen molar-refractivity contribution in [1.29, 1.82) is 0 Å². The molecule has 0 aliphatic carbocycles. The molecule has 0 bridgehead atoms.